The number of ether oxygens (including phenoxy) is 1. The summed E-state index contributed by atoms with van der Waals surface area (Å²) in [6, 6.07) is 2.48. The summed E-state index contributed by atoms with van der Waals surface area (Å²) in [5.74, 6) is -0.806. The van der Waals surface area contributed by atoms with E-state index in [0.29, 0.717) is 0 Å². The van der Waals surface area contributed by atoms with Crippen molar-refractivity contribution in [3.05, 3.63) is 34.2 Å². The summed E-state index contributed by atoms with van der Waals surface area (Å²) >= 11 is 0. The summed E-state index contributed by atoms with van der Waals surface area (Å²) < 4.78 is 17.1. The number of rotatable bonds is 2. The first-order valence-corrected chi connectivity index (χ1v) is 3.71. The van der Waals surface area contributed by atoms with Crippen LogP contribution in [0.1, 0.15) is 17.3 Å². The van der Waals surface area contributed by atoms with E-state index in [1.807, 2.05) is 0 Å². The van der Waals surface area contributed by atoms with Crippen molar-refractivity contribution in [2.45, 2.75) is 6.92 Å². The Morgan fingerprint density at radius 1 is 1.69 bits per heavy atom. The molecule has 1 aromatic heterocycles. The molecular formula is C8H8FNO3. The standard InChI is InChI=1S/C8H8FNO3/c1-2-13-8(12)6-4-3-5-10(9)7(6)11/h3-5H,2H2,1H3. The van der Waals surface area contributed by atoms with Crippen LogP contribution in [0.15, 0.2) is 23.1 Å². The van der Waals surface area contributed by atoms with Crippen LogP contribution in [0.4, 0.5) is 4.48 Å². The number of nitrogens with zero attached hydrogens (tertiary/aromatic N) is 1. The molecule has 0 unspecified atom stereocenters. The average Bonchev–Trinajstić information content (AvgIpc) is 2.10. The normalized spacial score (nSPS) is 9.69. The van der Waals surface area contributed by atoms with Gasteiger partial charge in [-0.15, -0.1) is 4.79 Å². The fourth-order valence-corrected chi connectivity index (χ4v) is 0.833. The van der Waals surface area contributed by atoms with Crippen LogP contribution in [0.25, 0.3) is 0 Å². The van der Waals surface area contributed by atoms with E-state index in [0.717, 1.165) is 6.20 Å². The lowest BCUT2D eigenvalue weighted by atomic mass is 10.3. The van der Waals surface area contributed by atoms with Gasteiger partial charge in [0.25, 0.3) is 5.56 Å². The van der Waals surface area contributed by atoms with Crippen LogP contribution in [0.5, 0.6) is 0 Å². The van der Waals surface area contributed by atoms with Crippen LogP contribution >= 0.6 is 0 Å². The van der Waals surface area contributed by atoms with Crippen molar-refractivity contribution >= 4 is 5.97 Å². The van der Waals surface area contributed by atoms with Crippen LogP contribution in [0, 0.1) is 0 Å². The van der Waals surface area contributed by atoms with Crippen LogP contribution in [0.3, 0.4) is 0 Å². The average molecular weight is 185 g/mol. The highest BCUT2D eigenvalue weighted by Crippen LogP contribution is 1.95. The number of halogens is 1. The van der Waals surface area contributed by atoms with Crippen LogP contribution in [-0.2, 0) is 4.74 Å². The molecule has 0 radical (unpaired) electrons. The summed E-state index contributed by atoms with van der Waals surface area (Å²) in [4.78, 5) is 21.8. The second kappa shape index (κ2) is 3.84. The minimum absolute atomic E-state index is 0.152. The van der Waals surface area contributed by atoms with Gasteiger partial charge in [0, 0.05) is 6.20 Å². The molecule has 4 nitrogen and oxygen atoms in total. The van der Waals surface area contributed by atoms with E-state index < -0.39 is 11.5 Å². The van der Waals surface area contributed by atoms with Crippen LogP contribution < -0.4 is 5.56 Å². The van der Waals surface area contributed by atoms with Crippen LogP contribution in [0.2, 0.25) is 0 Å². The largest absolute Gasteiger partial charge is 0.462 e. The molecule has 0 aromatic carbocycles. The van der Waals surface area contributed by atoms with Gasteiger partial charge in [0.1, 0.15) is 5.56 Å². The van der Waals surface area contributed by atoms with E-state index in [1.165, 1.54) is 12.1 Å². The molecule has 70 valence electrons. The quantitative estimate of drug-likeness (QED) is 0.639. The minimum Gasteiger partial charge on any atom is -0.462 e. The smallest absolute Gasteiger partial charge is 0.343 e. The zero-order valence-electron chi connectivity index (χ0n) is 6.99. The summed E-state index contributed by atoms with van der Waals surface area (Å²) in [6.07, 6.45) is 0.922. The van der Waals surface area contributed by atoms with Gasteiger partial charge in [-0.25, -0.2) is 4.79 Å². The van der Waals surface area contributed by atoms with Gasteiger partial charge >= 0.3 is 5.97 Å². The predicted octanol–water partition coefficient (Wildman–Crippen LogP) is 0.758. The summed E-state index contributed by atoms with van der Waals surface area (Å²) in [5.41, 5.74) is -1.30. The number of hydrogen-bond donors (Lipinski definition) is 0. The van der Waals surface area contributed by atoms with Gasteiger partial charge in [-0.2, -0.15) is 0 Å². The van der Waals surface area contributed by atoms with E-state index in [4.69, 9.17) is 0 Å². The van der Waals surface area contributed by atoms with E-state index in [9.17, 15) is 14.1 Å². The fraction of sp³-hybridized carbons (Fsp3) is 0.250. The third-order valence-electron chi connectivity index (χ3n) is 1.40. The zero-order chi connectivity index (χ0) is 9.84. The van der Waals surface area contributed by atoms with Gasteiger partial charge < -0.3 is 4.74 Å². The highest BCUT2D eigenvalue weighted by atomic mass is 19.2. The molecular weight excluding hydrogens is 177 g/mol. The fourth-order valence-electron chi connectivity index (χ4n) is 0.833. The molecule has 0 amide bonds. The monoisotopic (exact) mass is 185 g/mol. The SMILES string of the molecule is CCOC(=O)c1cccn(F)c1=O. The van der Waals surface area contributed by atoms with Crippen molar-refractivity contribution in [2.24, 2.45) is 0 Å². The Hall–Kier alpha value is -1.65. The molecule has 0 spiro atoms. The molecule has 0 atom stereocenters. The maximum absolute atomic E-state index is 12.6. The first-order valence-electron chi connectivity index (χ1n) is 3.71. The van der Waals surface area contributed by atoms with Gasteiger partial charge in [-0.05, 0) is 19.1 Å². The number of carbonyl (C=O) groups is 1. The van der Waals surface area contributed by atoms with Gasteiger partial charge in [0.05, 0.1) is 6.61 Å². The van der Waals surface area contributed by atoms with Crippen molar-refractivity contribution in [1.82, 2.24) is 4.79 Å². The first kappa shape index (κ1) is 9.44. The third kappa shape index (κ3) is 1.93. The molecule has 0 saturated heterocycles. The molecule has 0 aliphatic heterocycles. The minimum atomic E-state index is -0.999. The van der Waals surface area contributed by atoms with Gasteiger partial charge in [-0.3, -0.25) is 4.79 Å². The summed E-state index contributed by atoms with van der Waals surface area (Å²) in [7, 11) is 0. The molecule has 0 fully saturated rings. The molecule has 5 heteroatoms. The number of hydrogen-bond acceptors (Lipinski definition) is 3. The Morgan fingerprint density at radius 3 is 3.00 bits per heavy atom. The third-order valence-corrected chi connectivity index (χ3v) is 1.40. The molecule has 0 aliphatic rings. The van der Waals surface area contributed by atoms with Crippen molar-refractivity contribution in [3.8, 4) is 0 Å². The Kier molecular flexibility index (Phi) is 2.79. The van der Waals surface area contributed by atoms with Gasteiger partial charge in [-0.1, -0.05) is 4.48 Å². The molecule has 1 heterocycles. The van der Waals surface area contributed by atoms with E-state index in [1.54, 1.807) is 6.92 Å². The van der Waals surface area contributed by atoms with Crippen LogP contribution in [-0.4, -0.2) is 17.4 Å². The molecule has 0 aliphatic carbocycles. The predicted molar refractivity (Wildman–Crippen MR) is 43.2 cm³/mol. The second-order valence-electron chi connectivity index (χ2n) is 2.26. The number of esters is 1. The number of carbonyl (C=O) groups excluding carboxylic acids is 1. The highest BCUT2D eigenvalue weighted by Gasteiger charge is 2.12. The van der Waals surface area contributed by atoms with E-state index >= 15 is 0 Å². The molecule has 0 saturated carbocycles. The highest BCUT2D eigenvalue weighted by molar-refractivity contribution is 5.88. The summed E-state index contributed by atoms with van der Waals surface area (Å²) in [5, 5.41) is 0. The van der Waals surface area contributed by atoms with E-state index in [2.05, 4.69) is 4.74 Å². The van der Waals surface area contributed by atoms with Crippen molar-refractivity contribution < 1.29 is 14.0 Å². The molecule has 0 N–H and O–H groups in total. The maximum Gasteiger partial charge on any atom is 0.343 e. The number of aromatic nitrogens is 1. The maximum atomic E-state index is 12.6. The lowest BCUT2D eigenvalue weighted by Gasteiger charge is -2.00. The lowest BCUT2D eigenvalue weighted by molar-refractivity contribution is 0.0522. The zero-order valence-corrected chi connectivity index (χ0v) is 6.99. The van der Waals surface area contributed by atoms with Crippen molar-refractivity contribution in [1.29, 1.82) is 0 Å². The lowest BCUT2D eigenvalue weighted by Crippen LogP contribution is -2.22. The number of pyridine rings is 1. The Morgan fingerprint density at radius 2 is 2.38 bits per heavy atom. The van der Waals surface area contributed by atoms with Crippen molar-refractivity contribution in [3.63, 3.8) is 0 Å². The first-order chi connectivity index (χ1) is 6.16. The Bertz CT molecular complexity index is 372. The molecule has 0 bridgehead atoms. The van der Waals surface area contributed by atoms with Gasteiger partial charge in [0.2, 0.25) is 0 Å². The Labute approximate surface area is 73.5 Å². The summed E-state index contributed by atoms with van der Waals surface area (Å²) in [6.45, 7) is 1.76. The van der Waals surface area contributed by atoms with Gasteiger partial charge in [0.15, 0.2) is 0 Å². The topological polar surface area (TPSA) is 48.3 Å². The molecule has 13 heavy (non-hydrogen) atoms. The molecule has 1 rings (SSSR count). The second-order valence-corrected chi connectivity index (χ2v) is 2.26. The molecule has 1 aromatic rings. The van der Waals surface area contributed by atoms with E-state index in [-0.39, 0.29) is 17.0 Å². The van der Waals surface area contributed by atoms with Crippen molar-refractivity contribution in [2.75, 3.05) is 6.61 Å². The Balaban J connectivity index is 3.08.